The van der Waals surface area contributed by atoms with Crippen LogP contribution in [0.4, 0.5) is 5.69 Å². The number of hydrogen-bond donors (Lipinski definition) is 2. The molecule has 0 radical (unpaired) electrons. The van der Waals surface area contributed by atoms with Gasteiger partial charge in [0, 0.05) is 13.1 Å². The van der Waals surface area contributed by atoms with Gasteiger partial charge < -0.3 is 5.32 Å². The van der Waals surface area contributed by atoms with Crippen LogP contribution in [-0.4, -0.2) is 8.42 Å². The molecule has 0 heterocycles. The minimum atomic E-state index is -3.62. The highest BCUT2D eigenvalue weighted by Crippen LogP contribution is 2.21. The lowest BCUT2D eigenvalue weighted by atomic mass is 10.0. The molecular weight excluding hydrogens is 380 g/mol. The number of fused-ring (bicyclic) bond motifs is 1. The van der Waals surface area contributed by atoms with E-state index in [1.54, 1.807) is 36.4 Å². The minimum Gasteiger partial charge on any atom is -0.309 e. The molecule has 5 heteroatoms. The molecule has 0 saturated heterocycles. The summed E-state index contributed by atoms with van der Waals surface area (Å²) in [5.41, 5.74) is 2.69. The van der Waals surface area contributed by atoms with Crippen LogP contribution in [0.1, 0.15) is 11.1 Å². The van der Waals surface area contributed by atoms with Crippen LogP contribution in [0.2, 0.25) is 0 Å². The largest absolute Gasteiger partial charge is 0.309 e. The van der Waals surface area contributed by atoms with E-state index in [1.807, 2.05) is 30.3 Å². The monoisotopic (exact) mass is 402 g/mol. The van der Waals surface area contributed by atoms with Crippen LogP contribution in [-0.2, 0) is 23.1 Å². The first-order valence-electron chi connectivity index (χ1n) is 9.47. The van der Waals surface area contributed by atoms with E-state index in [0.717, 1.165) is 5.56 Å². The van der Waals surface area contributed by atoms with Crippen LogP contribution in [0.3, 0.4) is 0 Å². The Hall–Kier alpha value is -3.15. The van der Waals surface area contributed by atoms with Crippen molar-refractivity contribution in [2.45, 2.75) is 18.0 Å². The van der Waals surface area contributed by atoms with Crippen molar-refractivity contribution in [3.63, 3.8) is 0 Å². The molecule has 0 aliphatic heterocycles. The molecular formula is C24H22N2O2S. The number of benzene rings is 4. The van der Waals surface area contributed by atoms with Crippen LogP contribution in [0.15, 0.2) is 102 Å². The van der Waals surface area contributed by atoms with E-state index in [9.17, 15) is 8.42 Å². The molecule has 0 unspecified atom stereocenters. The van der Waals surface area contributed by atoms with Crippen LogP contribution >= 0.6 is 0 Å². The van der Waals surface area contributed by atoms with Gasteiger partial charge >= 0.3 is 0 Å². The number of sulfonamides is 1. The summed E-state index contributed by atoms with van der Waals surface area (Å²) in [5.74, 6) is 0. The molecule has 0 aliphatic carbocycles. The average Bonchev–Trinajstić information content (AvgIpc) is 2.75. The van der Waals surface area contributed by atoms with Crippen LogP contribution in [0.5, 0.6) is 0 Å². The number of para-hydroxylation sites is 1. The van der Waals surface area contributed by atoms with Crippen molar-refractivity contribution in [1.29, 1.82) is 0 Å². The Bertz CT molecular complexity index is 1220. The van der Waals surface area contributed by atoms with Gasteiger partial charge in [0.1, 0.15) is 0 Å². The maximum atomic E-state index is 12.7. The Balaban J connectivity index is 1.49. The zero-order valence-corrected chi connectivity index (χ0v) is 16.7. The quantitative estimate of drug-likeness (QED) is 0.461. The summed E-state index contributed by atoms with van der Waals surface area (Å²) in [4.78, 5) is 0.249. The Morgan fingerprint density at radius 1 is 0.621 bits per heavy atom. The zero-order valence-electron chi connectivity index (χ0n) is 15.9. The molecule has 0 bridgehead atoms. The third kappa shape index (κ3) is 4.47. The third-order valence-corrected chi connectivity index (χ3v) is 6.21. The summed E-state index contributed by atoms with van der Waals surface area (Å²) in [6.07, 6.45) is 0. The fourth-order valence-electron chi connectivity index (χ4n) is 3.36. The van der Waals surface area contributed by atoms with E-state index >= 15 is 0 Å². The second kappa shape index (κ2) is 8.47. The summed E-state index contributed by atoms with van der Waals surface area (Å²) in [6, 6.07) is 30.4. The summed E-state index contributed by atoms with van der Waals surface area (Å²) < 4.78 is 28.0. The van der Waals surface area contributed by atoms with E-state index in [1.165, 1.54) is 16.3 Å². The highest BCUT2D eigenvalue weighted by molar-refractivity contribution is 7.92. The molecule has 0 amide bonds. The normalized spacial score (nSPS) is 11.4. The highest BCUT2D eigenvalue weighted by atomic mass is 32.2. The number of anilines is 1. The molecule has 0 fully saturated rings. The Morgan fingerprint density at radius 2 is 1.24 bits per heavy atom. The van der Waals surface area contributed by atoms with Gasteiger partial charge in [-0.05, 0) is 40.1 Å². The first-order chi connectivity index (χ1) is 14.1. The summed E-state index contributed by atoms with van der Waals surface area (Å²) in [6.45, 7) is 1.25. The van der Waals surface area contributed by atoms with Crippen molar-refractivity contribution < 1.29 is 8.42 Å². The smallest absolute Gasteiger partial charge is 0.261 e. The summed E-state index contributed by atoms with van der Waals surface area (Å²) >= 11 is 0. The molecule has 0 aliphatic rings. The molecule has 0 spiro atoms. The van der Waals surface area contributed by atoms with Crippen molar-refractivity contribution in [3.05, 3.63) is 108 Å². The van der Waals surface area contributed by atoms with Gasteiger partial charge in [-0.25, -0.2) is 8.42 Å². The molecule has 29 heavy (non-hydrogen) atoms. The molecule has 4 nitrogen and oxygen atoms in total. The van der Waals surface area contributed by atoms with Gasteiger partial charge in [0.2, 0.25) is 0 Å². The Morgan fingerprint density at radius 3 is 2.10 bits per heavy atom. The zero-order chi connectivity index (χ0) is 20.1. The second-order valence-electron chi connectivity index (χ2n) is 6.82. The lowest BCUT2D eigenvalue weighted by molar-refractivity contribution is 0.601. The lowest BCUT2D eigenvalue weighted by Crippen LogP contribution is -2.17. The van der Waals surface area contributed by atoms with Crippen LogP contribution in [0.25, 0.3) is 10.8 Å². The van der Waals surface area contributed by atoms with E-state index in [0.29, 0.717) is 18.8 Å². The average molecular weight is 403 g/mol. The van der Waals surface area contributed by atoms with Gasteiger partial charge in [-0.15, -0.1) is 0 Å². The van der Waals surface area contributed by atoms with Crippen molar-refractivity contribution >= 4 is 26.5 Å². The molecule has 4 aromatic rings. The second-order valence-corrected chi connectivity index (χ2v) is 8.50. The predicted octanol–water partition coefficient (Wildman–Crippen LogP) is 4.93. The Kier molecular flexibility index (Phi) is 5.60. The Labute approximate surface area is 171 Å². The van der Waals surface area contributed by atoms with E-state index in [2.05, 4.69) is 40.4 Å². The van der Waals surface area contributed by atoms with Crippen molar-refractivity contribution in [2.24, 2.45) is 0 Å². The molecule has 0 aromatic heterocycles. The summed E-state index contributed by atoms with van der Waals surface area (Å²) in [7, 11) is -3.62. The number of rotatable bonds is 7. The van der Waals surface area contributed by atoms with E-state index < -0.39 is 10.0 Å². The first-order valence-corrected chi connectivity index (χ1v) is 10.9. The molecule has 4 aromatic carbocycles. The van der Waals surface area contributed by atoms with Gasteiger partial charge in [0.05, 0.1) is 10.6 Å². The van der Waals surface area contributed by atoms with Gasteiger partial charge in [-0.1, -0.05) is 78.9 Å². The lowest BCUT2D eigenvalue weighted by Gasteiger charge is -2.14. The van der Waals surface area contributed by atoms with Gasteiger partial charge in [-0.3, -0.25) is 4.72 Å². The maximum absolute atomic E-state index is 12.7. The maximum Gasteiger partial charge on any atom is 0.261 e. The van der Waals surface area contributed by atoms with Crippen LogP contribution < -0.4 is 10.0 Å². The highest BCUT2D eigenvalue weighted by Gasteiger charge is 2.15. The summed E-state index contributed by atoms with van der Waals surface area (Å²) in [5, 5.41) is 5.87. The molecule has 0 atom stereocenters. The van der Waals surface area contributed by atoms with Gasteiger partial charge in [0.25, 0.3) is 10.0 Å². The SMILES string of the molecule is O=S(=O)(Nc1ccccc1CNCc1cccc2ccccc12)c1ccccc1. The molecule has 2 N–H and O–H groups in total. The standard InChI is InChI=1S/C24H22N2O2S/c27-29(28,22-13-2-1-3-14-22)26-24-16-7-5-10-21(24)18-25-17-20-12-8-11-19-9-4-6-15-23(19)20/h1-16,25-26H,17-18H2. The van der Waals surface area contributed by atoms with Crippen molar-refractivity contribution in [2.75, 3.05) is 4.72 Å². The predicted molar refractivity (Wildman–Crippen MR) is 118 cm³/mol. The third-order valence-electron chi connectivity index (χ3n) is 4.83. The fraction of sp³-hybridized carbons (Fsp3) is 0.0833. The number of nitrogens with one attached hydrogen (secondary N) is 2. The fourth-order valence-corrected chi connectivity index (χ4v) is 4.48. The minimum absolute atomic E-state index is 0.249. The molecule has 0 saturated carbocycles. The molecule has 146 valence electrons. The van der Waals surface area contributed by atoms with Gasteiger partial charge in [-0.2, -0.15) is 0 Å². The van der Waals surface area contributed by atoms with E-state index in [4.69, 9.17) is 0 Å². The van der Waals surface area contributed by atoms with Crippen LogP contribution in [0, 0.1) is 0 Å². The molecule has 4 rings (SSSR count). The topological polar surface area (TPSA) is 58.2 Å². The van der Waals surface area contributed by atoms with Crippen molar-refractivity contribution in [3.8, 4) is 0 Å². The van der Waals surface area contributed by atoms with Gasteiger partial charge in [0.15, 0.2) is 0 Å². The van der Waals surface area contributed by atoms with Crippen molar-refractivity contribution in [1.82, 2.24) is 5.32 Å². The van der Waals surface area contributed by atoms with E-state index in [-0.39, 0.29) is 4.90 Å². The first kappa shape index (κ1) is 19.2. The number of hydrogen-bond acceptors (Lipinski definition) is 3.